The van der Waals surface area contributed by atoms with E-state index in [-0.39, 0.29) is 12.2 Å². The van der Waals surface area contributed by atoms with Crippen LogP contribution in [0.3, 0.4) is 0 Å². The molecule has 28 heavy (non-hydrogen) atoms. The van der Waals surface area contributed by atoms with Gasteiger partial charge >= 0.3 is 0 Å². The van der Waals surface area contributed by atoms with Gasteiger partial charge in [-0.05, 0) is 5.56 Å². The highest BCUT2D eigenvalue weighted by atomic mass is 16.7. The molecule has 5 rings (SSSR count). The molecule has 4 atom stereocenters. The predicted molar refractivity (Wildman–Crippen MR) is 101 cm³/mol. The summed E-state index contributed by atoms with van der Waals surface area (Å²) in [6, 6.07) is 20.2. The third-order valence-corrected chi connectivity index (χ3v) is 5.13. The lowest BCUT2D eigenvalue weighted by Crippen LogP contribution is -2.41. The van der Waals surface area contributed by atoms with E-state index in [0.717, 1.165) is 16.8 Å². The van der Waals surface area contributed by atoms with Gasteiger partial charge in [-0.15, -0.1) is 0 Å². The fourth-order valence-electron chi connectivity index (χ4n) is 3.79. The van der Waals surface area contributed by atoms with Crippen LogP contribution in [0.15, 0.2) is 66.9 Å². The molecule has 0 spiro atoms. The van der Waals surface area contributed by atoms with Crippen molar-refractivity contribution in [1.29, 1.82) is 0 Å². The summed E-state index contributed by atoms with van der Waals surface area (Å²) < 4.78 is 25.8. The zero-order valence-electron chi connectivity index (χ0n) is 15.6. The number of rotatable bonds is 4. The Kier molecular flexibility index (Phi) is 4.70. The molecule has 2 aliphatic heterocycles. The summed E-state index contributed by atoms with van der Waals surface area (Å²) in [7, 11) is 1.64. The van der Waals surface area contributed by atoms with Crippen molar-refractivity contribution in [3.05, 3.63) is 89.2 Å². The van der Waals surface area contributed by atoms with Crippen molar-refractivity contribution in [3.63, 3.8) is 0 Å². The maximum atomic E-state index is 6.28. The van der Waals surface area contributed by atoms with E-state index in [1.165, 1.54) is 5.56 Å². The highest BCUT2D eigenvalue weighted by molar-refractivity contribution is 5.27. The van der Waals surface area contributed by atoms with Gasteiger partial charge in [0.2, 0.25) is 0 Å². The molecule has 0 saturated carbocycles. The van der Waals surface area contributed by atoms with Gasteiger partial charge in [0.25, 0.3) is 0 Å². The highest BCUT2D eigenvalue weighted by Gasteiger charge is 2.44. The van der Waals surface area contributed by atoms with Gasteiger partial charge in [0.15, 0.2) is 12.6 Å². The Balaban J connectivity index is 1.45. The molecule has 2 aromatic carbocycles. The fourth-order valence-corrected chi connectivity index (χ4v) is 3.79. The summed E-state index contributed by atoms with van der Waals surface area (Å²) >= 11 is 0. The van der Waals surface area contributed by atoms with E-state index in [1.54, 1.807) is 7.11 Å². The first kappa shape index (κ1) is 17.6. The van der Waals surface area contributed by atoms with Crippen LogP contribution in [0.4, 0.5) is 0 Å². The number of nitrogens with zero attached hydrogens (tertiary/aromatic N) is 2. The molecule has 0 bridgehead atoms. The number of hydrogen-bond donors (Lipinski definition) is 0. The van der Waals surface area contributed by atoms with Gasteiger partial charge < -0.3 is 18.9 Å². The van der Waals surface area contributed by atoms with Crippen LogP contribution in [0.1, 0.15) is 41.1 Å². The molecule has 0 radical (unpaired) electrons. The second-order valence-electron chi connectivity index (χ2n) is 7.03. The van der Waals surface area contributed by atoms with Gasteiger partial charge in [-0.25, -0.2) is 0 Å². The van der Waals surface area contributed by atoms with Crippen molar-refractivity contribution in [2.75, 3.05) is 13.7 Å². The van der Waals surface area contributed by atoms with E-state index in [4.69, 9.17) is 24.0 Å². The smallest absolute Gasteiger partial charge is 0.187 e. The largest absolute Gasteiger partial charge is 0.352 e. The Labute approximate surface area is 163 Å². The van der Waals surface area contributed by atoms with Gasteiger partial charge in [-0.2, -0.15) is 5.10 Å². The highest BCUT2D eigenvalue weighted by Crippen LogP contribution is 2.44. The van der Waals surface area contributed by atoms with Crippen molar-refractivity contribution in [3.8, 4) is 0 Å². The molecular weight excluding hydrogens is 356 g/mol. The van der Waals surface area contributed by atoms with Gasteiger partial charge in [-0.3, -0.25) is 4.68 Å². The van der Waals surface area contributed by atoms with E-state index >= 15 is 0 Å². The number of methoxy groups -OCH3 is 1. The van der Waals surface area contributed by atoms with E-state index in [9.17, 15) is 0 Å². The van der Waals surface area contributed by atoms with E-state index in [2.05, 4.69) is 12.1 Å². The van der Waals surface area contributed by atoms with Crippen molar-refractivity contribution >= 4 is 0 Å². The van der Waals surface area contributed by atoms with Crippen LogP contribution in [-0.2, 0) is 25.5 Å². The Morgan fingerprint density at radius 2 is 1.79 bits per heavy atom. The Morgan fingerprint density at radius 3 is 2.54 bits per heavy atom. The first-order chi connectivity index (χ1) is 13.8. The van der Waals surface area contributed by atoms with Crippen LogP contribution in [0, 0.1) is 0 Å². The minimum atomic E-state index is -0.471. The molecule has 1 saturated heterocycles. The SMILES string of the molecule is CO[C@H]1O[C@@H]2CO[C@@H](c3ccccc3)O[C@H]2c2nn(Cc3ccccc3)cc21. The Bertz CT molecular complexity index is 928. The second-order valence-corrected chi connectivity index (χ2v) is 7.03. The Morgan fingerprint density at radius 1 is 1.04 bits per heavy atom. The minimum Gasteiger partial charge on any atom is -0.352 e. The van der Waals surface area contributed by atoms with Crippen LogP contribution in [0.25, 0.3) is 0 Å². The molecule has 144 valence electrons. The lowest BCUT2D eigenvalue weighted by molar-refractivity contribution is -0.307. The zero-order valence-corrected chi connectivity index (χ0v) is 15.6. The number of aromatic nitrogens is 2. The number of benzene rings is 2. The van der Waals surface area contributed by atoms with Crippen molar-refractivity contribution in [2.45, 2.75) is 31.3 Å². The zero-order chi connectivity index (χ0) is 18.9. The van der Waals surface area contributed by atoms with Crippen molar-refractivity contribution < 1.29 is 18.9 Å². The molecule has 0 unspecified atom stereocenters. The lowest BCUT2D eigenvalue weighted by atomic mass is 10.0. The first-order valence-electron chi connectivity index (χ1n) is 9.43. The lowest BCUT2D eigenvalue weighted by Gasteiger charge is -2.40. The molecule has 1 fully saturated rings. The number of hydrogen-bond acceptors (Lipinski definition) is 5. The van der Waals surface area contributed by atoms with Crippen molar-refractivity contribution in [1.82, 2.24) is 9.78 Å². The van der Waals surface area contributed by atoms with Gasteiger partial charge in [0, 0.05) is 18.9 Å². The van der Waals surface area contributed by atoms with Crippen LogP contribution >= 0.6 is 0 Å². The maximum Gasteiger partial charge on any atom is 0.187 e. The van der Waals surface area contributed by atoms with Crippen LogP contribution in [-0.4, -0.2) is 29.6 Å². The second kappa shape index (κ2) is 7.48. The van der Waals surface area contributed by atoms with E-state index < -0.39 is 12.6 Å². The molecule has 0 aliphatic carbocycles. The number of fused-ring (bicyclic) bond motifs is 3. The van der Waals surface area contributed by atoms with Crippen LogP contribution < -0.4 is 0 Å². The van der Waals surface area contributed by atoms with Gasteiger partial charge in [-0.1, -0.05) is 60.7 Å². The molecule has 1 aromatic heterocycles. The monoisotopic (exact) mass is 378 g/mol. The summed E-state index contributed by atoms with van der Waals surface area (Å²) in [5, 5.41) is 4.83. The minimum absolute atomic E-state index is 0.252. The molecule has 3 aromatic rings. The molecular formula is C22H22N2O4. The molecule has 0 amide bonds. The third-order valence-electron chi connectivity index (χ3n) is 5.13. The fraction of sp³-hybridized carbons (Fsp3) is 0.318. The summed E-state index contributed by atoms with van der Waals surface area (Å²) in [4.78, 5) is 0. The maximum absolute atomic E-state index is 6.28. The predicted octanol–water partition coefficient (Wildman–Crippen LogP) is 3.76. The molecule has 2 aliphatic rings. The quantitative estimate of drug-likeness (QED) is 0.692. The third kappa shape index (κ3) is 3.25. The van der Waals surface area contributed by atoms with Crippen molar-refractivity contribution in [2.24, 2.45) is 0 Å². The average molecular weight is 378 g/mol. The molecule has 6 heteroatoms. The Hall–Kier alpha value is -2.51. The van der Waals surface area contributed by atoms with E-state index in [0.29, 0.717) is 13.2 Å². The summed E-state index contributed by atoms with van der Waals surface area (Å²) in [6.07, 6.45) is 0.539. The van der Waals surface area contributed by atoms with E-state index in [1.807, 2.05) is 59.4 Å². The summed E-state index contributed by atoms with van der Waals surface area (Å²) in [5.74, 6) is 0. The normalized spacial score (nSPS) is 26.5. The molecule has 0 N–H and O–H groups in total. The first-order valence-corrected chi connectivity index (χ1v) is 9.43. The van der Waals surface area contributed by atoms with Crippen LogP contribution in [0.5, 0.6) is 0 Å². The van der Waals surface area contributed by atoms with Crippen LogP contribution in [0.2, 0.25) is 0 Å². The summed E-state index contributed by atoms with van der Waals surface area (Å²) in [6.45, 7) is 1.11. The molecule has 3 heterocycles. The summed E-state index contributed by atoms with van der Waals surface area (Å²) in [5.41, 5.74) is 3.94. The molecule has 6 nitrogen and oxygen atoms in total. The van der Waals surface area contributed by atoms with Gasteiger partial charge in [0.05, 0.1) is 18.7 Å². The standard InChI is InChI=1S/C22H22N2O4/c1-25-22-17-13-24(12-15-8-4-2-5-9-15)23-19(17)20-18(27-22)14-26-21(28-20)16-10-6-3-7-11-16/h2-11,13,18,20-22H,12,14H2,1H3/t18-,20-,21-,22+/m1/s1. The average Bonchev–Trinajstić information content (AvgIpc) is 3.18. The van der Waals surface area contributed by atoms with Gasteiger partial charge in [0.1, 0.15) is 17.9 Å². The number of ether oxygens (including phenoxy) is 4. The topological polar surface area (TPSA) is 54.7 Å².